The Bertz CT molecular complexity index is 140. The van der Waals surface area contributed by atoms with Crippen molar-refractivity contribution in [2.24, 2.45) is 5.92 Å². The summed E-state index contributed by atoms with van der Waals surface area (Å²) < 4.78 is 0. The monoisotopic (exact) mass is 142 g/mol. The van der Waals surface area contributed by atoms with Crippen LogP contribution in [0.5, 0.6) is 0 Å². The van der Waals surface area contributed by atoms with E-state index in [-0.39, 0.29) is 6.10 Å². The van der Waals surface area contributed by atoms with E-state index in [0.29, 0.717) is 12.0 Å². The maximum Gasteiger partial charge on any atom is 0.0760 e. The van der Waals surface area contributed by atoms with Crippen LogP contribution in [0.25, 0.3) is 0 Å². The second-order valence-corrected chi connectivity index (χ2v) is 3.42. The van der Waals surface area contributed by atoms with Gasteiger partial charge >= 0.3 is 0 Å². The fourth-order valence-corrected chi connectivity index (χ4v) is 2.07. The van der Waals surface area contributed by atoms with Crippen LogP contribution >= 0.6 is 0 Å². The molecule has 0 radical (unpaired) electrons. The molecule has 0 amide bonds. The van der Waals surface area contributed by atoms with E-state index in [1.807, 2.05) is 0 Å². The number of likely N-dealkylation sites (tertiary alicyclic amines) is 1. The third-order valence-electron chi connectivity index (χ3n) is 2.73. The molecule has 2 bridgehead atoms. The fourth-order valence-electron chi connectivity index (χ4n) is 2.07. The number of hydrogen-bond acceptors (Lipinski definition) is 3. The molecule has 2 aliphatic rings. The first-order chi connectivity index (χ1) is 4.79. The molecule has 2 heterocycles. The number of aliphatic hydroxyl groups is 1. The lowest BCUT2D eigenvalue weighted by Crippen LogP contribution is -2.47. The molecule has 0 aliphatic carbocycles. The van der Waals surface area contributed by atoms with E-state index in [0.717, 1.165) is 19.6 Å². The maximum absolute atomic E-state index is 9.60. The first-order valence-corrected chi connectivity index (χ1v) is 3.88. The third kappa shape index (κ3) is 0.779. The molecule has 2 N–H and O–H groups in total. The normalized spacial score (nSPS) is 48.0. The molecule has 58 valence electrons. The standard InChI is InChI=1S/C7H14N2O/c1-9-4-5-2-8-3-6(9)7(5)10/h5-8,10H,2-4H2,1H3. The Morgan fingerprint density at radius 3 is 2.90 bits per heavy atom. The van der Waals surface area contributed by atoms with Crippen molar-refractivity contribution in [3.63, 3.8) is 0 Å². The van der Waals surface area contributed by atoms with Gasteiger partial charge in [0.2, 0.25) is 0 Å². The SMILES string of the molecule is CN1CC2CNCC1C2O. The van der Waals surface area contributed by atoms with Gasteiger partial charge in [-0.1, -0.05) is 0 Å². The average molecular weight is 142 g/mol. The van der Waals surface area contributed by atoms with E-state index in [1.54, 1.807) is 0 Å². The lowest BCUT2D eigenvalue weighted by molar-refractivity contribution is 0.0810. The molecule has 0 aromatic heterocycles. The van der Waals surface area contributed by atoms with E-state index >= 15 is 0 Å². The molecule has 2 rings (SSSR count). The van der Waals surface area contributed by atoms with E-state index in [1.165, 1.54) is 0 Å². The first kappa shape index (κ1) is 6.58. The second-order valence-electron chi connectivity index (χ2n) is 3.42. The highest BCUT2D eigenvalue weighted by Gasteiger charge is 2.40. The van der Waals surface area contributed by atoms with Gasteiger partial charge in [-0.15, -0.1) is 0 Å². The van der Waals surface area contributed by atoms with Crippen molar-refractivity contribution in [3.05, 3.63) is 0 Å². The highest BCUT2D eigenvalue weighted by Crippen LogP contribution is 2.24. The van der Waals surface area contributed by atoms with E-state index in [9.17, 15) is 5.11 Å². The van der Waals surface area contributed by atoms with E-state index < -0.39 is 0 Å². The summed E-state index contributed by atoms with van der Waals surface area (Å²) in [6.45, 7) is 3.00. The topological polar surface area (TPSA) is 35.5 Å². The Hall–Kier alpha value is -0.120. The summed E-state index contributed by atoms with van der Waals surface area (Å²) >= 11 is 0. The van der Waals surface area contributed by atoms with Crippen molar-refractivity contribution >= 4 is 0 Å². The highest BCUT2D eigenvalue weighted by molar-refractivity contribution is 4.97. The van der Waals surface area contributed by atoms with Gasteiger partial charge in [-0.05, 0) is 7.05 Å². The van der Waals surface area contributed by atoms with Gasteiger partial charge in [0.25, 0.3) is 0 Å². The van der Waals surface area contributed by atoms with E-state index in [2.05, 4.69) is 17.3 Å². The summed E-state index contributed by atoms with van der Waals surface area (Å²) in [4.78, 5) is 2.25. The predicted molar refractivity (Wildman–Crippen MR) is 38.8 cm³/mol. The van der Waals surface area contributed by atoms with Crippen LogP contribution in [0, 0.1) is 5.92 Å². The van der Waals surface area contributed by atoms with Gasteiger partial charge in [-0.25, -0.2) is 0 Å². The zero-order valence-corrected chi connectivity index (χ0v) is 6.25. The lowest BCUT2D eigenvalue weighted by Gasteiger charge is -2.27. The van der Waals surface area contributed by atoms with E-state index in [4.69, 9.17) is 0 Å². The molecule has 0 aromatic rings. The molecule has 0 spiro atoms. The van der Waals surface area contributed by atoms with Crippen LogP contribution in [-0.4, -0.2) is 48.8 Å². The van der Waals surface area contributed by atoms with Crippen LogP contribution < -0.4 is 5.32 Å². The molecule has 3 unspecified atom stereocenters. The molecule has 0 aromatic carbocycles. The van der Waals surface area contributed by atoms with Gasteiger partial charge in [0.05, 0.1) is 6.10 Å². The molecular formula is C7H14N2O. The Balaban J connectivity index is 2.14. The number of nitrogens with one attached hydrogen (secondary N) is 1. The zero-order valence-electron chi connectivity index (χ0n) is 6.25. The van der Waals surface area contributed by atoms with Crippen LogP contribution in [0.3, 0.4) is 0 Å². The smallest absolute Gasteiger partial charge is 0.0760 e. The number of likely N-dealkylation sites (N-methyl/N-ethyl adjacent to an activating group) is 1. The fraction of sp³-hybridized carbons (Fsp3) is 1.00. The molecule has 10 heavy (non-hydrogen) atoms. The molecule has 3 heteroatoms. The minimum Gasteiger partial charge on any atom is -0.391 e. The molecule has 0 saturated carbocycles. The summed E-state index contributed by atoms with van der Waals surface area (Å²) in [5, 5.41) is 12.9. The zero-order chi connectivity index (χ0) is 7.14. The number of fused-ring (bicyclic) bond motifs is 2. The molecular weight excluding hydrogens is 128 g/mol. The van der Waals surface area contributed by atoms with Gasteiger partial charge in [-0.2, -0.15) is 0 Å². The van der Waals surface area contributed by atoms with Crippen molar-refractivity contribution < 1.29 is 5.11 Å². The number of aliphatic hydroxyl groups excluding tert-OH is 1. The lowest BCUT2D eigenvalue weighted by atomic mass is 9.98. The van der Waals surface area contributed by atoms with Crippen molar-refractivity contribution in [2.45, 2.75) is 12.1 Å². The number of nitrogens with zero attached hydrogens (tertiary/aromatic N) is 1. The Morgan fingerprint density at radius 2 is 2.30 bits per heavy atom. The summed E-state index contributed by atoms with van der Waals surface area (Å²) in [7, 11) is 2.08. The third-order valence-corrected chi connectivity index (χ3v) is 2.73. The summed E-state index contributed by atoms with van der Waals surface area (Å²) in [6.07, 6.45) is -0.0775. The Morgan fingerprint density at radius 1 is 1.50 bits per heavy atom. The Kier molecular flexibility index (Phi) is 1.44. The molecule has 2 aliphatic heterocycles. The molecule has 2 saturated heterocycles. The number of hydrogen-bond donors (Lipinski definition) is 2. The van der Waals surface area contributed by atoms with Crippen LogP contribution in [-0.2, 0) is 0 Å². The van der Waals surface area contributed by atoms with Crippen molar-refractivity contribution in [3.8, 4) is 0 Å². The number of rotatable bonds is 0. The van der Waals surface area contributed by atoms with Gasteiger partial charge in [0.1, 0.15) is 0 Å². The van der Waals surface area contributed by atoms with Crippen LogP contribution in [0.2, 0.25) is 0 Å². The minimum absolute atomic E-state index is 0.0775. The van der Waals surface area contributed by atoms with Crippen LogP contribution in [0.1, 0.15) is 0 Å². The van der Waals surface area contributed by atoms with Crippen molar-refractivity contribution in [2.75, 3.05) is 26.7 Å². The minimum atomic E-state index is -0.0775. The quantitative estimate of drug-likeness (QED) is 0.450. The molecule has 3 atom stereocenters. The predicted octanol–water partition coefficient (Wildman–Crippen LogP) is -1.12. The summed E-state index contributed by atoms with van der Waals surface area (Å²) in [5.74, 6) is 0.476. The largest absolute Gasteiger partial charge is 0.391 e. The Labute approximate surface area is 61.0 Å². The molecule has 3 nitrogen and oxygen atoms in total. The summed E-state index contributed by atoms with van der Waals surface area (Å²) in [6, 6.07) is 0.374. The first-order valence-electron chi connectivity index (χ1n) is 3.88. The van der Waals surface area contributed by atoms with Crippen LogP contribution in [0.15, 0.2) is 0 Å². The van der Waals surface area contributed by atoms with Gasteiger partial charge < -0.3 is 10.4 Å². The maximum atomic E-state index is 9.60. The van der Waals surface area contributed by atoms with Gasteiger partial charge in [0, 0.05) is 31.6 Å². The highest BCUT2D eigenvalue weighted by atomic mass is 16.3. The van der Waals surface area contributed by atoms with Gasteiger partial charge in [-0.3, -0.25) is 4.90 Å². The van der Waals surface area contributed by atoms with Crippen LogP contribution in [0.4, 0.5) is 0 Å². The van der Waals surface area contributed by atoms with Gasteiger partial charge in [0.15, 0.2) is 0 Å². The summed E-state index contributed by atoms with van der Waals surface area (Å²) in [5.41, 5.74) is 0. The molecule has 2 fully saturated rings. The number of piperidine rings is 1. The second kappa shape index (κ2) is 2.19. The van der Waals surface area contributed by atoms with Crippen molar-refractivity contribution in [1.29, 1.82) is 0 Å². The van der Waals surface area contributed by atoms with Crippen molar-refractivity contribution in [1.82, 2.24) is 10.2 Å². The average Bonchev–Trinajstić information content (AvgIpc) is 2.16.